The van der Waals surface area contributed by atoms with Gasteiger partial charge in [0.2, 0.25) is 5.91 Å². The number of aryl methyl sites for hydroxylation is 2. The van der Waals surface area contributed by atoms with Gasteiger partial charge in [0.05, 0.1) is 6.42 Å². The minimum Gasteiger partial charge on any atom is -0.368 e. The summed E-state index contributed by atoms with van der Waals surface area (Å²) >= 11 is 0. The number of hydrogen-bond acceptors (Lipinski definition) is 5. The predicted octanol–water partition coefficient (Wildman–Crippen LogP) is 4.60. The molecule has 2 aromatic carbocycles. The van der Waals surface area contributed by atoms with Crippen LogP contribution in [0.5, 0.6) is 0 Å². The maximum absolute atomic E-state index is 13.2. The van der Waals surface area contributed by atoms with Crippen molar-refractivity contribution in [2.75, 3.05) is 31.1 Å². The second-order valence-electron chi connectivity index (χ2n) is 10.6. The van der Waals surface area contributed by atoms with Crippen LogP contribution in [0, 0.1) is 13.8 Å². The summed E-state index contributed by atoms with van der Waals surface area (Å²) in [7, 11) is 0. The molecule has 36 heavy (non-hydrogen) atoms. The number of hydrogen-bond donors (Lipinski definition) is 0. The van der Waals surface area contributed by atoms with Crippen LogP contribution < -0.4 is 4.90 Å². The van der Waals surface area contributed by atoms with E-state index in [9.17, 15) is 4.79 Å². The van der Waals surface area contributed by atoms with Gasteiger partial charge in [0.15, 0.2) is 5.82 Å². The zero-order valence-electron chi connectivity index (χ0n) is 21.8. The van der Waals surface area contributed by atoms with Crippen LogP contribution in [0.4, 0.5) is 5.69 Å². The van der Waals surface area contributed by atoms with Gasteiger partial charge in [0, 0.05) is 54.4 Å². The van der Waals surface area contributed by atoms with Gasteiger partial charge < -0.3 is 9.80 Å². The number of nitrogens with zero attached hydrogens (tertiary/aromatic N) is 6. The van der Waals surface area contributed by atoms with E-state index in [0.717, 1.165) is 48.7 Å². The van der Waals surface area contributed by atoms with Crippen LogP contribution in [-0.4, -0.2) is 56.6 Å². The van der Waals surface area contributed by atoms with E-state index in [1.165, 1.54) is 11.3 Å². The third-order valence-corrected chi connectivity index (χ3v) is 7.14. The van der Waals surface area contributed by atoms with Gasteiger partial charge in [-0.25, -0.2) is 9.50 Å². The largest absolute Gasteiger partial charge is 0.368 e. The van der Waals surface area contributed by atoms with Crippen LogP contribution in [0.3, 0.4) is 0 Å². The van der Waals surface area contributed by atoms with E-state index in [2.05, 4.69) is 79.2 Å². The summed E-state index contributed by atoms with van der Waals surface area (Å²) in [5.41, 5.74) is 6.20. The third-order valence-electron chi connectivity index (χ3n) is 7.14. The molecule has 1 aliphatic heterocycles. The molecule has 0 unspecified atom stereocenters. The van der Waals surface area contributed by atoms with E-state index in [-0.39, 0.29) is 11.3 Å². The monoisotopic (exact) mass is 482 g/mol. The smallest absolute Gasteiger partial charge is 0.253 e. The van der Waals surface area contributed by atoms with Crippen LogP contribution in [0.1, 0.15) is 43.3 Å². The summed E-state index contributed by atoms with van der Waals surface area (Å²) in [6.07, 6.45) is 0.321. The topological polar surface area (TPSA) is 66.6 Å². The molecule has 7 nitrogen and oxygen atoms in total. The highest BCUT2D eigenvalue weighted by Crippen LogP contribution is 2.26. The molecule has 1 amide bonds. The third kappa shape index (κ3) is 4.70. The molecular formula is C29H34N6O. The quantitative estimate of drug-likeness (QED) is 0.425. The maximum atomic E-state index is 13.2. The predicted molar refractivity (Wildman–Crippen MR) is 143 cm³/mol. The number of carbonyl (C=O) groups excluding carboxylic acids is 1. The SMILES string of the molecule is Cc1nc2nc(-c3ccc(C(C)(C)C)cc3)nn2c(C)c1CC(=O)N1CCN(c2ccccc2)CC1. The van der Waals surface area contributed by atoms with E-state index in [4.69, 9.17) is 10.1 Å². The number of para-hydroxylation sites is 1. The average Bonchev–Trinajstić information content (AvgIpc) is 3.31. The Kier molecular flexibility index (Phi) is 6.24. The summed E-state index contributed by atoms with van der Waals surface area (Å²) in [6, 6.07) is 18.8. The Bertz CT molecular complexity index is 1380. The molecule has 2 aromatic heterocycles. The van der Waals surface area contributed by atoms with Crippen LogP contribution in [0.2, 0.25) is 0 Å². The van der Waals surface area contributed by atoms with Gasteiger partial charge in [-0.15, -0.1) is 5.10 Å². The molecule has 186 valence electrons. The van der Waals surface area contributed by atoms with Crippen molar-refractivity contribution in [2.45, 2.75) is 46.5 Å². The Morgan fingerprint density at radius 3 is 2.19 bits per heavy atom. The van der Waals surface area contributed by atoms with Crippen molar-refractivity contribution < 1.29 is 4.79 Å². The molecule has 7 heteroatoms. The zero-order valence-corrected chi connectivity index (χ0v) is 21.8. The molecule has 3 heterocycles. The van der Waals surface area contributed by atoms with Crippen molar-refractivity contribution in [1.82, 2.24) is 24.5 Å². The van der Waals surface area contributed by atoms with E-state index in [0.29, 0.717) is 18.0 Å². The fraction of sp³-hybridized carbons (Fsp3) is 0.379. The van der Waals surface area contributed by atoms with Gasteiger partial charge in [0.25, 0.3) is 5.78 Å². The lowest BCUT2D eigenvalue weighted by Gasteiger charge is -2.36. The van der Waals surface area contributed by atoms with Crippen LogP contribution >= 0.6 is 0 Å². The molecule has 0 saturated carbocycles. The van der Waals surface area contributed by atoms with Gasteiger partial charge in [-0.2, -0.15) is 4.98 Å². The zero-order chi connectivity index (χ0) is 25.4. The average molecular weight is 483 g/mol. The lowest BCUT2D eigenvalue weighted by atomic mass is 9.87. The van der Waals surface area contributed by atoms with E-state index in [1.54, 1.807) is 4.52 Å². The summed E-state index contributed by atoms with van der Waals surface area (Å²) < 4.78 is 1.77. The molecule has 1 fully saturated rings. The van der Waals surface area contributed by atoms with Crippen molar-refractivity contribution in [3.8, 4) is 11.4 Å². The Morgan fingerprint density at radius 2 is 1.56 bits per heavy atom. The minimum atomic E-state index is 0.0930. The molecule has 1 saturated heterocycles. The molecule has 0 aliphatic carbocycles. The first-order chi connectivity index (χ1) is 17.2. The summed E-state index contributed by atoms with van der Waals surface area (Å²) in [6.45, 7) is 13.7. The molecular weight excluding hydrogens is 448 g/mol. The van der Waals surface area contributed by atoms with Crippen molar-refractivity contribution in [1.29, 1.82) is 0 Å². The highest BCUT2D eigenvalue weighted by molar-refractivity contribution is 5.79. The number of piperazine rings is 1. The van der Waals surface area contributed by atoms with Gasteiger partial charge in [0.1, 0.15) is 0 Å². The fourth-order valence-electron chi connectivity index (χ4n) is 4.82. The summed E-state index contributed by atoms with van der Waals surface area (Å²) in [4.78, 5) is 26.9. The second kappa shape index (κ2) is 9.37. The molecule has 0 spiro atoms. The Morgan fingerprint density at radius 1 is 0.889 bits per heavy atom. The molecule has 0 bridgehead atoms. The van der Waals surface area contributed by atoms with Crippen molar-refractivity contribution in [3.05, 3.63) is 77.1 Å². The fourth-order valence-corrected chi connectivity index (χ4v) is 4.82. The first kappa shape index (κ1) is 24.0. The first-order valence-corrected chi connectivity index (χ1v) is 12.6. The number of aromatic nitrogens is 4. The molecule has 4 aromatic rings. The molecule has 1 aliphatic rings. The number of rotatable bonds is 4. The van der Waals surface area contributed by atoms with Gasteiger partial charge in [-0.3, -0.25) is 4.79 Å². The number of benzene rings is 2. The lowest BCUT2D eigenvalue weighted by molar-refractivity contribution is -0.130. The first-order valence-electron chi connectivity index (χ1n) is 12.6. The molecule has 0 radical (unpaired) electrons. The summed E-state index contributed by atoms with van der Waals surface area (Å²) in [5.74, 6) is 1.34. The van der Waals surface area contributed by atoms with E-state index < -0.39 is 0 Å². The van der Waals surface area contributed by atoms with Gasteiger partial charge >= 0.3 is 0 Å². The van der Waals surface area contributed by atoms with Gasteiger partial charge in [-0.1, -0.05) is 63.2 Å². The van der Waals surface area contributed by atoms with Crippen LogP contribution in [-0.2, 0) is 16.6 Å². The summed E-state index contributed by atoms with van der Waals surface area (Å²) in [5, 5.41) is 4.75. The maximum Gasteiger partial charge on any atom is 0.253 e. The number of anilines is 1. The number of fused-ring (bicyclic) bond motifs is 1. The Balaban J connectivity index is 1.33. The molecule has 0 N–H and O–H groups in total. The van der Waals surface area contributed by atoms with Gasteiger partial charge in [-0.05, 0) is 37.0 Å². The Labute approximate surface area is 212 Å². The normalized spacial score (nSPS) is 14.5. The van der Waals surface area contributed by atoms with E-state index >= 15 is 0 Å². The standard InChI is InChI=1S/C29H34N6O/c1-20-25(19-26(36)34-17-15-33(16-18-34)24-9-7-6-8-10-24)21(2)35-28(30-20)31-27(32-35)22-11-13-23(14-12-22)29(3,4)5/h6-14H,15-19H2,1-5H3. The Hall–Kier alpha value is -3.74. The van der Waals surface area contributed by atoms with Crippen LogP contribution in [0.15, 0.2) is 54.6 Å². The molecule has 0 atom stereocenters. The lowest BCUT2D eigenvalue weighted by Crippen LogP contribution is -2.49. The van der Waals surface area contributed by atoms with Crippen molar-refractivity contribution >= 4 is 17.4 Å². The van der Waals surface area contributed by atoms with E-state index in [1.807, 2.05) is 24.8 Å². The minimum absolute atomic E-state index is 0.0930. The van der Waals surface area contributed by atoms with Crippen LogP contribution in [0.25, 0.3) is 17.2 Å². The number of amides is 1. The van der Waals surface area contributed by atoms with Crippen molar-refractivity contribution in [3.63, 3.8) is 0 Å². The highest BCUT2D eigenvalue weighted by Gasteiger charge is 2.24. The van der Waals surface area contributed by atoms with Crippen molar-refractivity contribution in [2.24, 2.45) is 0 Å². The number of carbonyl (C=O) groups is 1. The highest BCUT2D eigenvalue weighted by atomic mass is 16.2. The second-order valence-corrected chi connectivity index (χ2v) is 10.6. The molecule has 5 rings (SSSR count).